The summed E-state index contributed by atoms with van der Waals surface area (Å²) in [4.78, 5) is 17.9. The summed E-state index contributed by atoms with van der Waals surface area (Å²) in [5, 5.41) is 9.28. The summed E-state index contributed by atoms with van der Waals surface area (Å²) in [6.07, 6.45) is 4.06. The van der Waals surface area contributed by atoms with Crippen molar-refractivity contribution in [1.82, 2.24) is 9.88 Å². The minimum atomic E-state index is -0.780. The monoisotopic (exact) mass is 488 g/mol. The Labute approximate surface area is 213 Å². The Morgan fingerprint density at radius 2 is 1.97 bits per heavy atom. The average molecular weight is 489 g/mol. The van der Waals surface area contributed by atoms with Crippen molar-refractivity contribution in [1.29, 1.82) is 0 Å². The normalized spacial score (nSPS) is 15.9. The molecule has 0 amide bonds. The Kier molecular flexibility index (Phi) is 7.94. The summed E-state index contributed by atoms with van der Waals surface area (Å²) in [6.45, 7) is 6.94. The van der Waals surface area contributed by atoms with Crippen LogP contribution < -0.4 is 9.47 Å². The van der Waals surface area contributed by atoms with Crippen LogP contribution in [0.2, 0.25) is 0 Å². The number of ether oxygens (including phenoxy) is 2. The van der Waals surface area contributed by atoms with Gasteiger partial charge in [0.2, 0.25) is 5.88 Å². The molecule has 2 aromatic carbocycles. The summed E-state index contributed by atoms with van der Waals surface area (Å²) in [5.41, 5.74) is 6.79. The highest BCUT2D eigenvalue weighted by molar-refractivity contribution is 5.70. The molecule has 0 radical (unpaired) electrons. The zero-order valence-electron chi connectivity index (χ0n) is 21.8. The van der Waals surface area contributed by atoms with Crippen LogP contribution in [0, 0.1) is 5.92 Å². The first-order valence-electron chi connectivity index (χ1n) is 12.6. The first-order chi connectivity index (χ1) is 17.2. The van der Waals surface area contributed by atoms with E-state index in [9.17, 15) is 9.90 Å². The number of rotatable bonds is 9. The van der Waals surface area contributed by atoms with Gasteiger partial charge in [-0.1, -0.05) is 37.3 Å². The lowest BCUT2D eigenvalue weighted by Crippen LogP contribution is -2.26. The van der Waals surface area contributed by atoms with E-state index in [1.165, 1.54) is 11.1 Å². The Bertz CT molecular complexity index is 1220. The van der Waals surface area contributed by atoms with Gasteiger partial charge < -0.3 is 14.6 Å². The second-order valence-electron chi connectivity index (χ2n) is 10.0. The highest BCUT2D eigenvalue weighted by Gasteiger charge is 2.24. The number of pyridine rings is 1. The number of methoxy groups -OCH3 is 1. The minimum absolute atomic E-state index is 0.0474. The van der Waals surface area contributed by atoms with E-state index in [2.05, 4.69) is 55.0 Å². The van der Waals surface area contributed by atoms with Crippen LogP contribution in [-0.2, 0) is 24.2 Å². The SMILES string of the molecule is COc1cc(-c2ccc([C@@H]3CCc4ccc(CC(C)C(=O)O)cc4O3)cc2CN(C)C(C)C)ccn1. The maximum Gasteiger partial charge on any atom is 0.306 e. The number of carbonyl (C=O) groups is 1. The van der Waals surface area contributed by atoms with E-state index >= 15 is 0 Å². The van der Waals surface area contributed by atoms with Gasteiger partial charge in [0.15, 0.2) is 0 Å². The number of carboxylic acid groups (broad SMARTS) is 1. The lowest BCUT2D eigenvalue weighted by atomic mass is 9.91. The quantitative estimate of drug-likeness (QED) is 0.403. The second-order valence-corrected chi connectivity index (χ2v) is 10.0. The topological polar surface area (TPSA) is 71.9 Å². The van der Waals surface area contributed by atoms with Crippen molar-refractivity contribution >= 4 is 5.97 Å². The third-order valence-electron chi connectivity index (χ3n) is 7.10. The molecule has 6 nitrogen and oxygen atoms in total. The van der Waals surface area contributed by atoms with Crippen LogP contribution in [0.15, 0.2) is 54.7 Å². The van der Waals surface area contributed by atoms with Gasteiger partial charge in [-0.05, 0) is 85.7 Å². The fourth-order valence-electron chi connectivity index (χ4n) is 4.58. The molecule has 6 heteroatoms. The Morgan fingerprint density at radius 1 is 1.17 bits per heavy atom. The Hall–Kier alpha value is -3.38. The molecule has 190 valence electrons. The maximum absolute atomic E-state index is 11.3. The summed E-state index contributed by atoms with van der Waals surface area (Å²) < 4.78 is 11.9. The lowest BCUT2D eigenvalue weighted by Gasteiger charge is -2.29. The van der Waals surface area contributed by atoms with Gasteiger partial charge in [-0.2, -0.15) is 0 Å². The molecule has 1 aliphatic heterocycles. The molecule has 0 aliphatic carbocycles. The summed E-state index contributed by atoms with van der Waals surface area (Å²) in [5.74, 6) is 0.254. The molecule has 4 rings (SSSR count). The van der Waals surface area contributed by atoms with Gasteiger partial charge >= 0.3 is 5.97 Å². The van der Waals surface area contributed by atoms with E-state index in [0.29, 0.717) is 18.3 Å². The number of hydrogen-bond donors (Lipinski definition) is 1. The fourth-order valence-corrected chi connectivity index (χ4v) is 4.58. The molecule has 1 aliphatic rings. The van der Waals surface area contributed by atoms with Crippen LogP contribution in [0.1, 0.15) is 55.5 Å². The molecule has 36 heavy (non-hydrogen) atoms. The predicted molar refractivity (Wildman–Crippen MR) is 141 cm³/mol. The Morgan fingerprint density at radius 3 is 2.69 bits per heavy atom. The highest BCUT2D eigenvalue weighted by Crippen LogP contribution is 2.38. The van der Waals surface area contributed by atoms with Crippen molar-refractivity contribution in [3.05, 3.63) is 77.0 Å². The number of aliphatic carboxylic acids is 1. The van der Waals surface area contributed by atoms with Gasteiger partial charge in [0, 0.05) is 24.8 Å². The van der Waals surface area contributed by atoms with Crippen molar-refractivity contribution in [2.75, 3.05) is 14.2 Å². The molecule has 2 heterocycles. The average Bonchev–Trinajstić information content (AvgIpc) is 2.88. The molecule has 2 atom stereocenters. The minimum Gasteiger partial charge on any atom is -0.485 e. The van der Waals surface area contributed by atoms with Crippen LogP contribution in [0.4, 0.5) is 0 Å². The number of benzene rings is 2. The lowest BCUT2D eigenvalue weighted by molar-refractivity contribution is -0.141. The number of carboxylic acids is 1. The van der Waals surface area contributed by atoms with E-state index < -0.39 is 11.9 Å². The van der Waals surface area contributed by atoms with Gasteiger partial charge in [0.1, 0.15) is 11.9 Å². The van der Waals surface area contributed by atoms with Crippen LogP contribution >= 0.6 is 0 Å². The summed E-state index contributed by atoms with van der Waals surface area (Å²) >= 11 is 0. The molecule has 3 aromatic rings. The zero-order valence-corrected chi connectivity index (χ0v) is 21.8. The molecular weight excluding hydrogens is 452 g/mol. The number of fused-ring (bicyclic) bond motifs is 1. The van der Waals surface area contributed by atoms with Crippen molar-refractivity contribution < 1.29 is 19.4 Å². The van der Waals surface area contributed by atoms with Gasteiger partial charge in [0.05, 0.1) is 13.0 Å². The summed E-state index contributed by atoms with van der Waals surface area (Å²) in [7, 11) is 3.77. The van der Waals surface area contributed by atoms with E-state index in [1.54, 1.807) is 20.2 Å². The van der Waals surface area contributed by atoms with Crippen LogP contribution in [0.5, 0.6) is 11.6 Å². The van der Waals surface area contributed by atoms with E-state index in [1.807, 2.05) is 24.3 Å². The van der Waals surface area contributed by atoms with E-state index in [0.717, 1.165) is 47.4 Å². The molecule has 1 unspecified atom stereocenters. The fraction of sp³-hybridized carbons (Fsp3) is 0.400. The number of nitrogens with zero attached hydrogens (tertiary/aromatic N) is 2. The molecule has 0 saturated carbocycles. The van der Waals surface area contributed by atoms with Gasteiger partial charge in [-0.25, -0.2) is 4.98 Å². The molecule has 0 bridgehead atoms. The van der Waals surface area contributed by atoms with Crippen LogP contribution in [0.25, 0.3) is 11.1 Å². The van der Waals surface area contributed by atoms with E-state index in [4.69, 9.17) is 9.47 Å². The van der Waals surface area contributed by atoms with Crippen molar-refractivity contribution in [3.63, 3.8) is 0 Å². The van der Waals surface area contributed by atoms with Gasteiger partial charge in [-0.15, -0.1) is 0 Å². The van der Waals surface area contributed by atoms with Crippen molar-refractivity contribution in [2.24, 2.45) is 5.92 Å². The number of aromatic nitrogens is 1. The van der Waals surface area contributed by atoms with Crippen molar-refractivity contribution in [2.45, 2.75) is 58.7 Å². The molecular formula is C30H36N2O4. The zero-order chi connectivity index (χ0) is 25.8. The maximum atomic E-state index is 11.3. The third-order valence-corrected chi connectivity index (χ3v) is 7.10. The smallest absolute Gasteiger partial charge is 0.306 e. The van der Waals surface area contributed by atoms with Gasteiger partial charge in [-0.3, -0.25) is 9.69 Å². The van der Waals surface area contributed by atoms with Crippen LogP contribution in [-0.4, -0.2) is 41.2 Å². The largest absolute Gasteiger partial charge is 0.485 e. The first kappa shape index (κ1) is 25.7. The third kappa shape index (κ3) is 5.88. The van der Waals surface area contributed by atoms with Crippen molar-refractivity contribution in [3.8, 4) is 22.8 Å². The second kappa shape index (κ2) is 11.1. The molecule has 1 N–H and O–H groups in total. The molecule has 1 aromatic heterocycles. The standard InChI is InChI=1S/C30H36N2O4/c1-19(2)32(4)18-25-16-24(8-10-26(25)23-12-13-31-29(17-23)35-5)27-11-9-22-7-6-21(15-28(22)36-27)14-20(3)30(33)34/h6-8,10,12-13,15-17,19-20,27H,9,11,14,18H2,1-5H3,(H,33,34)/t20?,27-/m0/s1. The molecule has 0 fully saturated rings. The first-order valence-corrected chi connectivity index (χ1v) is 12.6. The molecule has 0 saturated heterocycles. The van der Waals surface area contributed by atoms with Crippen LogP contribution in [0.3, 0.4) is 0 Å². The number of hydrogen-bond acceptors (Lipinski definition) is 5. The predicted octanol–water partition coefficient (Wildman–Crippen LogP) is 5.93. The van der Waals surface area contributed by atoms with E-state index in [-0.39, 0.29) is 6.10 Å². The molecule has 0 spiro atoms. The Balaban J connectivity index is 1.64. The van der Waals surface area contributed by atoms with Gasteiger partial charge in [0.25, 0.3) is 0 Å². The summed E-state index contributed by atoms with van der Waals surface area (Å²) in [6, 6.07) is 17.1. The number of aryl methyl sites for hydroxylation is 1. The highest BCUT2D eigenvalue weighted by atomic mass is 16.5.